The van der Waals surface area contributed by atoms with E-state index >= 15 is 0 Å². The average Bonchev–Trinajstić information content (AvgIpc) is 2.48. The Morgan fingerprint density at radius 3 is 2.70 bits per heavy atom. The van der Waals surface area contributed by atoms with Crippen LogP contribution in [-0.4, -0.2) is 22.6 Å². The van der Waals surface area contributed by atoms with Gasteiger partial charge in [-0.1, -0.05) is 30.3 Å². The molecule has 0 radical (unpaired) electrons. The quantitative estimate of drug-likeness (QED) is 0.758. The first-order valence-electron chi connectivity index (χ1n) is 6.72. The number of anilines is 1. The fourth-order valence-electron chi connectivity index (χ4n) is 2.04. The molecule has 1 aromatic heterocycles. The third kappa shape index (κ3) is 4.09. The number of rotatable bonds is 7. The summed E-state index contributed by atoms with van der Waals surface area (Å²) in [5, 5.41) is 12.2. The molecular weight excluding hydrogens is 252 g/mol. The summed E-state index contributed by atoms with van der Waals surface area (Å²) in [6.07, 6.45) is 6.15. The Balaban J connectivity index is 1.75. The Hall–Kier alpha value is -2.36. The van der Waals surface area contributed by atoms with Gasteiger partial charge in [-0.15, -0.1) is 0 Å². The molecule has 0 saturated carbocycles. The van der Waals surface area contributed by atoms with Crippen LogP contribution in [0.15, 0.2) is 48.8 Å². The summed E-state index contributed by atoms with van der Waals surface area (Å²) in [5.74, 6) is -0.931. The number of carbonyl (C=O) groups is 1. The highest BCUT2D eigenvalue weighted by atomic mass is 16.4. The van der Waals surface area contributed by atoms with Gasteiger partial charge in [0.25, 0.3) is 0 Å². The van der Waals surface area contributed by atoms with Gasteiger partial charge < -0.3 is 10.4 Å². The molecule has 0 aliphatic rings. The molecule has 0 fully saturated rings. The summed E-state index contributed by atoms with van der Waals surface area (Å²) in [5.41, 5.74) is 2.18. The maximum Gasteiger partial charge on any atom is 0.337 e. The largest absolute Gasteiger partial charge is 0.478 e. The van der Waals surface area contributed by atoms with Crippen molar-refractivity contribution in [1.82, 2.24) is 4.98 Å². The van der Waals surface area contributed by atoms with E-state index in [0.29, 0.717) is 5.69 Å². The van der Waals surface area contributed by atoms with Crippen LogP contribution in [0.3, 0.4) is 0 Å². The number of aromatic carboxylic acids is 1. The molecule has 0 unspecified atom stereocenters. The molecule has 1 heterocycles. The summed E-state index contributed by atoms with van der Waals surface area (Å²) in [4.78, 5) is 15.0. The van der Waals surface area contributed by atoms with Crippen LogP contribution in [0.1, 0.15) is 28.8 Å². The molecule has 20 heavy (non-hydrogen) atoms. The molecule has 2 N–H and O–H groups in total. The lowest BCUT2D eigenvalue weighted by Crippen LogP contribution is -2.08. The normalized spacial score (nSPS) is 10.2. The molecule has 0 amide bonds. The van der Waals surface area contributed by atoms with Crippen molar-refractivity contribution in [2.24, 2.45) is 0 Å². The van der Waals surface area contributed by atoms with E-state index in [9.17, 15) is 4.79 Å². The number of benzene rings is 1. The smallest absolute Gasteiger partial charge is 0.337 e. The van der Waals surface area contributed by atoms with Crippen LogP contribution >= 0.6 is 0 Å². The SMILES string of the molecule is O=C(O)c1ccncc1NCCCCc1ccccc1. The van der Waals surface area contributed by atoms with E-state index in [0.717, 1.165) is 25.8 Å². The van der Waals surface area contributed by atoms with Crippen LogP contribution in [0, 0.1) is 0 Å². The monoisotopic (exact) mass is 270 g/mol. The summed E-state index contributed by atoms with van der Waals surface area (Å²) in [6.45, 7) is 0.749. The summed E-state index contributed by atoms with van der Waals surface area (Å²) < 4.78 is 0. The molecule has 104 valence electrons. The third-order valence-corrected chi connectivity index (χ3v) is 3.10. The van der Waals surface area contributed by atoms with E-state index in [4.69, 9.17) is 5.11 Å². The molecule has 0 atom stereocenters. The van der Waals surface area contributed by atoms with E-state index in [1.807, 2.05) is 18.2 Å². The molecule has 0 saturated heterocycles. The first kappa shape index (κ1) is 14.1. The lowest BCUT2D eigenvalue weighted by molar-refractivity contribution is 0.0698. The number of unbranched alkanes of at least 4 members (excludes halogenated alkanes) is 1. The molecular formula is C16H18N2O2. The van der Waals surface area contributed by atoms with Crippen molar-refractivity contribution < 1.29 is 9.90 Å². The molecule has 2 aromatic rings. The van der Waals surface area contributed by atoms with E-state index < -0.39 is 5.97 Å². The van der Waals surface area contributed by atoms with Gasteiger partial charge in [-0.05, 0) is 30.9 Å². The second kappa shape index (κ2) is 7.28. The van der Waals surface area contributed by atoms with Gasteiger partial charge in [0, 0.05) is 12.7 Å². The Morgan fingerprint density at radius 2 is 1.95 bits per heavy atom. The second-order valence-electron chi connectivity index (χ2n) is 4.60. The van der Waals surface area contributed by atoms with Crippen molar-refractivity contribution in [1.29, 1.82) is 0 Å². The van der Waals surface area contributed by atoms with Gasteiger partial charge in [-0.2, -0.15) is 0 Å². The minimum absolute atomic E-state index is 0.267. The topological polar surface area (TPSA) is 62.2 Å². The second-order valence-corrected chi connectivity index (χ2v) is 4.60. The van der Waals surface area contributed by atoms with Crippen molar-refractivity contribution in [3.8, 4) is 0 Å². The van der Waals surface area contributed by atoms with E-state index in [2.05, 4.69) is 22.4 Å². The van der Waals surface area contributed by atoms with Gasteiger partial charge in [0.2, 0.25) is 0 Å². The standard InChI is InChI=1S/C16H18N2O2/c19-16(20)14-9-11-17-12-15(14)18-10-5-4-8-13-6-2-1-3-7-13/h1-3,6-7,9,11-12,18H,4-5,8,10H2,(H,19,20). The van der Waals surface area contributed by atoms with Crippen molar-refractivity contribution in [3.05, 3.63) is 59.9 Å². The minimum Gasteiger partial charge on any atom is -0.478 e. The predicted octanol–water partition coefficient (Wildman–Crippen LogP) is 3.21. The van der Waals surface area contributed by atoms with Crippen LogP contribution in [0.2, 0.25) is 0 Å². The molecule has 0 bridgehead atoms. The van der Waals surface area contributed by atoms with Crippen LogP contribution in [0.4, 0.5) is 5.69 Å². The molecule has 4 heteroatoms. The van der Waals surface area contributed by atoms with Crippen LogP contribution in [-0.2, 0) is 6.42 Å². The Morgan fingerprint density at radius 1 is 1.15 bits per heavy atom. The van der Waals surface area contributed by atoms with Crippen LogP contribution in [0.5, 0.6) is 0 Å². The first-order valence-corrected chi connectivity index (χ1v) is 6.72. The number of carboxylic acid groups (broad SMARTS) is 1. The zero-order valence-electron chi connectivity index (χ0n) is 11.2. The first-order chi connectivity index (χ1) is 9.77. The number of carboxylic acids is 1. The number of aryl methyl sites for hydroxylation is 1. The van der Waals surface area contributed by atoms with Gasteiger partial charge in [-0.25, -0.2) is 4.79 Å². The van der Waals surface area contributed by atoms with Crippen LogP contribution in [0.25, 0.3) is 0 Å². The zero-order valence-corrected chi connectivity index (χ0v) is 11.2. The highest BCUT2D eigenvalue weighted by molar-refractivity contribution is 5.93. The van der Waals surface area contributed by atoms with Crippen molar-refractivity contribution in [3.63, 3.8) is 0 Å². The van der Waals surface area contributed by atoms with Gasteiger partial charge in [0.1, 0.15) is 0 Å². The Kier molecular flexibility index (Phi) is 5.12. The molecule has 0 spiro atoms. The maximum atomic E-state index is 11.0. The number of pyridine rings is 1. The lowest BCUT2D eigenvalue weighted by Gasteiger charge is -2.08. The zero-order chi connectivity index (χ0) is 14.2. The lowest BCUT2D eigenvalue weighted by atomic mass is 10.1. The Labute approximate surface area is 118 Å². The summed E-state index contributed by atoms with van der Waals surface area (Å²) >= 11 is 0. The fraction of sp³-hybridized carbons (Fsp3) is 0.250. The number of nitrogens with zero attached hydrogens (tertiary/aromatic N) is 1. The molecule has 0 aliphatic heterocycles. The Bertz CT molecular complexity index is 555. The van der Waals surface area contributed by atoms with Gasteiger partial charge in [-0.3, -0.25) is 4.98 Å². The minimum atomic E-state index is -0.931. The van der Waals surface area contributed by atoms with E-state index in [1.165, 1.54) is 17.8 Å². The number of nitrogens with one attached hydrogen (secondary N) is 1. The highest BCUT2D eigenvalue weighted by Crippen LogP contribution is 2.13. The molecule has 2 rings (SSSR count). The molecule has 0 aliphatic carbocycles. The van der Waals surface area contributed by atoms with Crippen molar-refractivity contribution in [2.75, 3.05) is 11.9 Å². The van der Waals surface area contributed by atoms with Gasteiger partial charge >= 0.3 is 5.97 Å². The van der Waals surface area contributed by atoms with Crippen LogP contribution < -0.4 is 5.32 Å². The summed E-state index contributed by atoms with van der Waals surface area (Å²) in [6, 6.07) is 11.9. The fourth-order valence-corrected chi connectivity index (χ4v) is 2.04. The molecule has 4 nitrogen and oxygen atoms in total. The van der Waals surface area contributed by atoms with E-state index in [1.54, 1.807) is 6.20 Å². The third-order valence-electron chi connectivity index (χ3n) is 3.10. The van der Waals surface area contributed by atoms with Gasteiger partial charge in [0.05, 0.1) is 17.4 Å². The summed E-state index contributed by atoms with van der Waals surface area (Å²) in [7, 11) is 0. The number of aromatic nitrogens is 1. The number of hydrogen-bond acceptors (Lipinski definition) is 3. The molecule has 1 aromatic carbocycles. The average molecular weight is 270 g/mol. The maximum absolute atomic E-state index is 11.0. The van der Waals surface area contributed by atoms with Crippen molar-refractivity contribution >= 4 is 11.7 Å². The highest BCUT2D eigenvalue weighted by Gasteiger charge is 2.08. The predicted molar refractivity (Wildman–Crippen MR) is 79.1 cm³/mol. The number of hydrogen-bond donors (Lipinski definition) is 2. The van der Waals surface area contributed by atoms with Gasteiger partial charge in [0.15, 0.2) is 0 Å². The van der Waals surface area contributed by atoms with E-state index in [-0.39, 0.29) is 5.56 Å². The van der Waals surface area contributed by atoms with Crippen molar-refractivity contribution in [2.45, 2.75) is 19.3 Å².